The molecule has 0 bridgehead atoms. The molecule has 0 saturated heterocycles. The van der Waals surface area contributed by atoms with Gasteiger partial charge in [-0.3, -0.25) is 0 Å². The van der Waals surface area contributed by atoms with Crippen molar-refractivity contribution in [3.8, 4) is 0 Å². The molecule has 15 heavy (non-hydrogen) atoms. The molecule has 1 aromatic rings. The second-order valence-corrected chi connectivity index (χ2v) is 4.62. The zero-order valence-electron chi connectivity index (χ0n) is 9.50. The predicted molar refractivity (Wildman–Crippen MR) is 57.0 cm³/mol. The maximum absolute atomic E-state index is 3.18. The first kappa shape index (κ1) is 12.3. The second kappa shape index (κ2) is 5.43. The van der Waals surface area contributed by atoms with Gasteiger partial charge in [0.25, 0.3) is 0 Å². The average Bonchev–Trinajstić information content (AvgIpc) is 3.02. The Hall–Kier alpha value is 0.816. The van der Waals surface area contributed by atoms with Crippen LogP contribution in [-0.2, 0) is 13.0 Å². The Morgan fingerprint density at radius 2 is 2.20 bits per heavy atom. The number of hydrogen-bond donors (Lipinski definition) is 0. The molecule has 1 aromatic carbocycles. The third kappa shape index (κ3) is 3.15. The van der Waals surface area contributed by atoms with Crippen LogP contribution in [0.4, 0.5) is 0 Å². The molecule has 2 aliphatic rings. The summed E-state index contributed by atoms with van der Waals surface area (Å²) in [5.41, 5.74) is 3.04. The standard InChI is InChI=1S/C13H16N.K/c1-2-4-13-10-14(9-11-5-6-11)8-7-12(13)3-1;/h1,3-4,11H,5-10H2;/q-1;+1. The normalized spacial score (nSPS) is 20.5. The first-order chi connectivity index (χ1) is 6.92. The van der Waals surface area contributed by atoms with E-state index in [-0.39, 0.29) is 51.4 Å². The molecule has 3 rings (SSSR count). The smallest absolute Gasteiger partial charge is 0.310 e. The maximum atomic E-state index is 3.18. The maximum Gasteiger partial charge on any atom is 1.00 e. The van der Waals surface area contributed by atoms with Gasteiger partial charge in [-0.2, -0.15) is 29.8 Å². The molecule has 0 atom stereocenters. The molecular weight excluding hydrogens is 209 g/mol. The summed E-state index contributed by atoms with van der Waals surface area (Å²) < 4.78 is 0. The van der Waals surface area contributed by atoms with Crippen LogP contribution >= 0.6 is 0 Å². The molecule has 0 N–H and O–H groups in total. The fourth-order valence-electron chi connectivity index (χ4n) is 2.31. The van der Waals surface area contributed by atoms with E-state index in [2.05, 4.69) is 23.1 Å². The van der Waals surface area contributed by atoms with Crippen LogP contribution in [-0.4, -0.2) is 18.0 Å². The Morgan fingerprint density at radius 1 is 1.33 bits per heavy atom. The van der Waals surface area contributed by atoms with Crippen molar-refractivity contribution in [3.05, 3.63) is 35.4 Å². The van der Waals surface area contributed by atoms with Gasteiger partial charge >= 0.3 is 51.4 Å². The van der Waals surface area contributed by atoms with Crippen LogP contribution in [0, 0.1) is 12.0 Å². The Morgan fingerprint density at radius 3 is 3.00 bits per heavy atom. The summed E-state index contributed by atoms with van der Waals surface area (Å²) in [6.07, 6.45) is 4.16. The van der Waals surface area contributed by atoms with Gasteiger partial charge in [-0.1, -0.05) is 0 Å². The molecular formula is C13H16KN. The van der Waals surface area contributed by atoms with Gasteiger partial charge in [0.1, 0.15) is 0 Å². The SMILES string of the molecule is [K+].[c-]1ccc2c(c1)CN(CC1CC1)CC2. The third-order valence-corrected chi connectivity index (χ3v) is 3.36. The number of fused-ring (bicyclic) bond motifs is 1. The third-order valence-electron chi connectivity index (χ3n) is 3.36. The van der Waals surface area contributed by atoms with E-state index < -0.39 is 0 Å². The van der Waals surface area contributed by atoms with E-state index in [9.17, 15) is 0 Å². The molecule has 0 spiro atoms. The van der Waals surface area contributed by atoms with Gasteiger partial charge in [0.15, 0.2) is 0 Å². The minimum Gasteiger partial charge on any atom is -0.310 e. The van der Waals surface area contributed by atoms with E-state index in [1.54, 1.807) is 0 Å². The molecule has 1 heterocycles. The van der Waals surface area contributed by atoms with Gasteiger partial charge in [-0.05, 0) is 38.3 Å². The molecule has 1 aliphatic carbocycles. The van der Waals surface area contributed by atoms with Gasteiger partial charge in [0.2, 0.25) is 0 Å². The van der Waals surface area contributed by atoms with Crippen LogP contribution in [0.25, 0.3) is 0 Å². The van der Waals surface area contributed by atoms with Crippen molar-refractivity contribution in [2.75, 3.05) is 13.1 Å². The van der Waals surface area contributed by atoms with Crippen molar-refractivity contribution in [1.29, 1.82) is 0 Å². The van der Waals surface area contributed by atoms with Crippen LogP contribution in [0.2, 0.25) is 0 Å². The van der Waals surface area contributed by atoms with Crippen LogP contribution in [0.5, 0.6) is 0 Å². The molecule has 0 aromatic heterocycles. The van der Waals surface area contributed by atoms with Crippen LogP contribution in [0.3, 0.4) is 0 Å². The van der Waals surface area contributed by atoms with Crippen molar-refractivity contribution in [2.24, 2.45) is 5.92 Å². The molecule has 1 fully saturated rings. The summed E-state index contributed by atoms with van der Waals surface area (Å²) in [6.45, 7) is 3.74. The molecule has 0 amide bonds. The number of hydrogen-bond acceptors (Lipinski definition) is 1. The van der Waals surface area contributed by atoms with Crippen molar-refractivity contribution in [1.82, 2.24) is 4.90 Å². The largest absolute Gasteiger partial charge is 1.00 e. The minimum absolute atomic E-state index is 0. The monoisotopic (exact) mass is 225 g/mol. The number of rotatable bonds is 2. The van der Waals surface area contributed by atoms with E-state index in [0.29, 0.717) is 0 Å². The summed E-state index contributed by atoms with van der Waals surface area (Å²) in [5, 5.41) is 0. The Labute approximate surface area is 135 Å². The van der Waals surface area contributed by atoms with Crippen molar-refractivity contribution < 1.29 is 51.4 Å². The first-order valence-electron chi connectivity index (χ1n) is 5.62. The van der Waals surface area contributed by atoms with Crippen molar-refractivity contribution in [3.63, 3.8) is 0 Å². The molecule has 74 valence electrons. The molecule has 0 radical (unpaired) electrons. The Kier molecular flexibility index (Phi) is 4.45. The number of benzene rings is 1. The average molecular weight is 225 g/mol. The molecule has 1 saturated carbocycles. The summed E-state index contributed by atoms with van der Waals surface area (Å²) in [7, 11) is 0. The first-order valence-corrected chi connectivity index (χ1v) is 5.62. The summed E-state index contributed by atoms with van der Waals surface area (Å²) >= 11 is 0. The Balaban J connectivity index is 0.000000853. The van der Waals surface area contributed by atoms with Crippen LogP contribution < -0.4 is 51.4 Å². The van der Waals surface area contributed by atoms with E-state index in [1.165, 1.54) is 43.5 Å². The van der Waals surface area contributed by atoms with Crippen LogP contribution in [0.1, 0.15) is 24.0 Å². The molecule has 2 heteroatoms. The minimum atomic E-state index is 0. The summed E-state index contributed by atoms with van der Waals surface area (Å²) in [4.78, 5) is 2.60. The summed E-state index contributed by atoms with van der Waals surface area (Å²) in [5.74, 6) is 1.02. The topological polar surface area (TPSA) is 3.24 Å². The second-order valence-electron chi connectivity index (χ2n) is 4.62. The fourth-order valence-corrected chi connectivity index (χ4v) is 2.31. The molecule has 1 nitrogen and oxygen atoms in total. The van der Waals surface area contributed by atoms with E-state index >= 15 is 0 Å². The quantitative estimate of drug-likeness (QED) is 0.473. The van der Waals surface area contributed by atoms with Gasteiger partial charge in [-0.15, -0.1) is 5.56 Å². The van der Waals surface area contributed by atoms with Crippen LogP contribution in [0.15, 0.2) is 18.2 Å². The van der Waals surface area contributed by atoms with Crippen molar-refractivity contribution in [2.45, 2.75) is 25.8 Å². The zero-order valence-corrected chi connectivity index (χ0v) is 12.6. The predicted octanol–water partition coefficient (Wildman–Crippen LogP) is -0.741. The molecule has 1 aliphatic heterocycles. The van der Waals surface area contributed by atoms with E-state index in [0.717, 1.165) is 12.5 Å². The van der Waals surface area contributed by atoms with E-state index in [4.69, 9.17) is 0 Å². The zero-order chi connectivity index (χ0) is 9.38. The van der Waals surface area contributed by atoms with Gasteiger partial charge in [0.05, 0.1) is 0 Å². The van der Waals surface area contributed by atoms with Gasteiger partial charge in [0, 0.05) is 6.54 Å². The summed E-state index contributed by atoms with van der Waals surface area (Å²) in [6, 6.07) is 9.61. The Bertz CT molecular complexity index is 333. The van der Waals surface area contributed by atoms with Crippen molar-refractivity contribution >= 4 is 0 Å². The van der Waals surface area contributed by atoms with E-state index in [1.807, 2.05) is 6.07 Å². The van der Waals surface area contributed by atoms with Gasteiger partial charge in [-0.25, -0.2) is 0 Å². The number of nitrogens with zero attached hydrogens (tertiary/aromatic N) is 1. The van der Waals surface area contributed by atoms with Gasteiger partial charge < -0.3 is 4.90 Å². The fraction of sp³-hybridized carbons (Fsp3) is 0.538. The molecule has 0 unspecified atom stereocenters.